The fourth-order valence-electron chi connectivity index (χ4n) is 1.92. The van der Waals surface area contributed by atoms with Gasteiger partial charge in [0.15, 0.2) is 0 Å². The van der Waals surface area contributed by atoms with Gasteiger partial charge in [-0.3, -0.25) is 0 Å². The minimum Gasteiger partial charge on any atom is -0.508 e. The molecule has 1 N–H and O–H groups in total. The van der Waals surface area contributed by atoms with Crippen LogP contribution in [0.15, 0.2) is 23.2 Å². The number of carbonyl (C=O) groups excluding carboxylic acids is 1. The maximum Gasteiger partial charge on any atom is 0.235 e. The Morgan fingerprint density at radius 2 is 2.20 bits per heavy atom. The summed E-state index contributed by atoms with van der Waals surface area (Å²) in [5.41, 5.74) is 0.0427. The topological polar surface area (TPSA) is 49.7 Å². The number of benzene rings is 1. The highest BCUT2D eigenvalue weighted by Crippen LogP contribution is 2.48. The Balaban J connectivity index is 2.51. The summed E-state index contributed by atoms with van der Waals surface area (Å²) in [6.07, 6.45) is 4.09. The predicted octanol–water partition coefficient (Wildman–Crippen LogP) is 2.76. The van der Waals surface area contributed by atoms with Crippen LogP contribution in [0.4, 0.5) is 0 Å². The van der Waals surface area contributed by atoms with Gasteiger partial charge in [-0.1, -0.05) is 11.6 Å². The van der Waals surface area contributed by atoms with E-state index in [0.717, 1.165) is 19.3 Å². The van der Waals surface area contributed by atoms with E-state index in [1.807, 2.05) is 0 Å². The molecule has 0 heterocycles. The van der Waals surface area contributed by atoms with Gasteiger partial charge in [0, 0.05) is 10.6 Å². The second-order valence-electron chi connectivity index (χ2n) is 3.75. The van der Waals surface area contributed by atoms with E-state index in [4.69, 9.17) is 11.6 Å². The molecule has 1 aliphatic carbocycles. The molecule has 1 aromatic rings. The van der Waals surface area contributed by atoms with Crippen molar-refractivity contribution < 1.29 is 9.90 Å². The lowest BCUT2D eigenvalue weighted by Crippen LogP contribution is -2.31. The highest BCUT2D eigenvalue weighted by molar-refractivity contribution is 6.30. The molecule has 1 aromatic carbocycles. The Morgan fingerprint density at radius 3 is 2.73 bits per heavy atom. The van der Waals surface area contributed by atoms with Crippen molar-refractivity contribution >= 4 is 17.7 Å². The van der Waals surface area contributed by atoms with Crippen LogP contribution < -0.4 is 0 Å². The number of rotatable bonds is 2. The van der Waals surface area contributed by atoms with Gasteiger partial charge < -0.3 is 5.11 Å². The van der Waals surface area contributed by atoms with Gasteiger partial charge in [0.05, 0.1) is 0 Å². The molecule has 15 heavy (non-hydrogen) atoms. The summed E-state index contributed by atoms with van der Waals surface area (Å²) in [6, 6.07) is 4.80. The van der Waals surface area contributed by atoms with Crippen molar-refractivity contribution in [2.75, 3.05) is 0 Å². The molecule has 0 amide bonds. The predicted molar refractivity (Wildman–Crippen MR) is 56.8 cm³/mol. The van der Waals surface area contributed by atoms with Gasteiger partial charge in [-0.05, 0) is 37.5 Å². The van der Waals surface area contributed by atoms with Gasteiger partial charge in [0.25, 0.3) is 0 Å². The lowest BCUT2D eigenvalue weighted by molar-refractivity contribution is 0.248. The lowest BCUT2D eigenvalue weighted by atomic mass is 9.72. The number of halogens is 1. The first-order valence-corrected chi connectivity index (χ1v) is 5.14. The van der Waals surface area contributed by atoms with Crippen molar-refractivity contribution in [2.45, 2.75) is 24.8 Å². The van der Waals surface area contributed by atoms with Crippen molar-refractivity contribution in [3.8, 4) is 5.75 Å². The van der Waals surface area contributed by atoms with Crippen LogP contribution in [0.3, 0.4) is 0 Å². The van der Waals surface area contributed by atoms with Crippen LogP contribution in [0.5, 0.6) is 5.75 Å². The normalized spacial score (nSPS) is 17.7. The number of hydrogen-bond donors (Lipinski definition) is 1. The molecule has 0 aromatic heterocycles. The Bertz CT molecular complexity index is 434. The molecule has 0 spiro atoms. The number of isocyanates is 1. The van der Waals surface area contributed by atoms with Crippen LogP contribution >= 0.6 is 11.6 Å². The number of nitrogens with zero attached hydrogens (tertiary/aromatic N) is 1. The zero-order valence-electron chi connectivity index (χ0n) is 8.03. The van der Waals surface area contributed by atoms with Crippen molar-refractivity contribution in [3.05, 3.63) is 28.8 Å². The molecular weight excluding hydrogens is 214 g/mol. The summed E-state index contributed by atoms with van der Waals surface area (Å²) in [5, 5.41) is 10.3. The number of aromatic hydroxyl groups is 1. The molecule has 0 atom stereocenters. The van der Waals surface area contributed by atoms with E-state index in [9.17, 15) is 9.90 Å². The van der Waals surface area contributed by atoms with Crippen LogP contribution in [0, 0.1) is 0 Å². The van der Waals surface area contributed by atoms with Gasteiger partial charge in [-0.25, -0.2) is 4.79 Å². The SMILES string of the molecule is O=C=NC1(c2cc(Cl)ccc2O)CCC1. The molecule has 1 fully saturated rings. The van der Waals surface area contributed by atoms with E-state index >= 15 is 0 Å². The number of hydrogen-bond acceptors (Lipinski definition) is 3. The Morgan fingerprint density at radius 1 is 1.47 bits per heavy atom. The Hall–Kier alpha value is -1.31. The Kier molecular flexibility index (Phi) is 2.51. The van der Waals surface area contributed by atoms with Crippen molar-refractivity contribution in [1.82, 2.24) is 0 Å². The quantitative estimate of drug-likeness (QED) is 0.619. The molecule has 78 valence electrons. The zero-order valence-corrected chi connectivity index (χ0v) is 8.79. The van der Waals surface area contributed by atoms with Gasteiger partial charge >= 0.3 is 0 Å². The first kappa shape index (κ1) is 10.2. The third kappa shape index (κ3) is 1.65. The monoisotopic (exact) mass is 223 g/mol. The third-order valence-corrected chi connectivity index (χ3v) is 3.14. The summed E-state index contributed by atoms with van der Waals surface area (Å²) in [6.45, 7) is 0. The zero-order chi connectivity index (χ0) is 10.9. The number of aliphatic imine (C=N–C) groups is 1. The maximum atomic E-state index is 10.4. The van der Waals surface area contributed by atoms with Crippen molar-refractivity contribution in [1.29, 1.82) is 0 Å². The van der Waals surface area contributed by atoms with E-state index in [1.165, 1.54) is 6.07 Å². The smallest absolute Gasteiger partial charge is 0.235 e. The van der Waals surface area contributed by atoms with E-state index < -0.39 is 5.54 Å². The minimum atomic E-state index is -0.587. The maximum absolute atomic E-state index is 10.4. The van der Waals surface area contributed by atoms with Crippen LogP contribution in [0.2, 0.25) is 5.02 Å². The summed E-state index contributed by atoms with van der Waals surface area (Å²) >= 11 is 5.85. The molecule has 0 saturated heterocycles. The number of phenolic OH excluding ortho intramolecular Hbond substituents is 1. The number of phenols is 1. The van der Waals surface area contributed by atoms with Crippen molar-refractivity contribution in [3.63, 3.8) is 0 Å². The van der Waals surface area contributed by atoms with Gasteiger partial charge in [-0.15, -0.1) is 0 Å². The fourth-order valence-corrected chi connectivity index (χ4v) is 2.09. The molecule has 1 aliphatic rings. The van der Waals surface area contributed by atoms with Crippen LogP contribution in [0.1, 0.15) is 24.8 Å². The first-order chi connectivity index (χ1) is 7.18. The molecule has 2 rings (SSSR count). The van der Waals surface area contributed by atoms with Crippen LogP contribution in [-0.2, 0) is 10.3 Å². The van der Waals surface area contributed by atoms with Gasteiger partial charge in [0.1, 0.15) is 11.3 Å². The van der Waals surface area contributed by atoms with E-state index in [1.54, 1.807) is 18.2 Å². The second kappa shape index (κ2) is 3.69. The van der Waals surface area contributed by atoms with Gasteiger partial charge in [0.2, 0.25) is 6.08 Å². The highest BCUT2D eigenvalue weighted by Gasteiger charge is 2.40. The molecule has 4 heteroatoms. The van der Waals surface area contributed by atoms with Crippen LogP contribution in [0.25, 0.3) is 0 Å². The third-order valence-electron chi connectivity index (χ3n) is 2.90. The minimum absolute atomic E-state index is 0.137. The second-order valence-corrected chi connectivity index (χ2v) is 4.19. The average molecular weight is 224 g/mol. The van der Waals surface area contributed by atoms with E-state index in [-0.39, 0.29) is 5.75 Å². The summed E-state index contributed by atoms with van der Waals surface area (Å²) in [7, 11) is 0. The molecule has 0 radical (unpaired) electrons. The van der Waals surface area contributed by atoms with Crippen molar-refractivity contribution in [2.24, 2.45) is 4.99 Å². The molecule has 0 unspecified atom stereocenters. The first-order valence-electron chi connectivity index (χ1n) is 4.76. The highest BCUT2D eigenvalue weighted by atomic mass is 35.5. The molecule has 1 saturated carbocycles. The fraction of sp³-hybridized carbons (Fsp3) is 0.364. The Labute approximate surface area is 92.4 Å². The molecular formula is C11H10ClNO2. The molecule has 3 nitrogen and oxygen atoms in total. The van der Waals surface area contributed by atoms with E-state index in [2.05, 4.69) is 4.99 Å². The average Bonchev–Trinajstić information content (AvgIpc) is 2.16. The van der Waals surface area contributed by atoms with Gasteiger partial charge in [-0.2, -0.15) is 4.99 Å². The summed E-state index contributed by atoms with van der Waals surface area (Å²) in [4.78, 5) is 14.2. The summed E-state index contributed by atoms with van der Waals surface area (Å²) in [5.74, 6) is 0.137. The molecule has 0 bridgehead atoms. The summed E-state index contributed by atoms with van der Waals surface area (Å²) < 4.78 is 0. The molecule has 0 aliphatic heterocycles. The van der Waals surface area contributed by atoms with E-state index in [0.29, 0.717) is 10.6 Å². The lowest BCUT2D eigenvalue weighted by Gasteiger charge is -2.37. The standard InChI is InChI=1S/C11H10ClNO2/c12-8-2-3-10(15)9(6-8)11(13-7-14)4-1-5-11/h2-3,6,15H,1,4-5H2. The van der Waals surface area contributed by atoms with Crippen LogP contribution in [-0.4, -0.2) is 11.2 Å². The largest absolute Gasteiger partial charge is 0.508 e.